The van der Waals surface area contributed by atoms with Crippen molar-refractivity contribution in [3.05, 3.63) is 92.2 Å². The van der Waals surface area contributed by atoms with Crippen LogP contribution in [0.4, 0.5) is 5.69 Å². The number of aliphatic hydroxyl groups is 1. The first-order valence-corrected chi connectivity index (χ1v) is 12.1. The molecule has 7 nitrogen and oxygen atoms in total. The predicted molar refractivity (Wildman–Crippen MR) is 138 cm³/mol. The Balaban J connectivity index is 1.58. The monoisotopic (exact) mass is 499 g/mol. The number of ether oxygens (including phenoxy) is 1. The maximum Gasteiger partial charge on any atom is 0.309 e. The smallest absolute Gasteiger partial charge is 0.309 e. The zero-order valence-electron chi connectivity index (χ0n) is 19.5. The summed E-state index contributed by atoms with van der Waals surface area (Å²) in [7, 11) is 0. The second kappa shape index (κ2) is 8.40. The van der Waals surface area contributed by atoms with Crippen molar-refractivity contribution in [2.75, 3.05) is 0 Å². The molecule has 2 aliphatic rings. The van der Waals surface area contributed by atoms with Gasteiger partial charge in [-0.15, -0.1) is 0 Å². The second-order valence-electron chi connectivity index (χ2n) is 9.14. The molecule has 0 amide bonds. The number of para-hydroxylation sites is 1. The van der Waals surface area contributed by atoms with Crippen LogP contribution in [0.2, 0.25) is 5.02 Å². The summed E-state index contributed by atoms with van der Waals surface area (Å²) in [6, 6.07) is 16.8. The lowest BCUT2D eigenvalue weighted by atomic mass is 9.85. The van der Waals surface area contributed by atoms with Crippen molar-refractivity contribution in [3.8, 4) is 11.4 Å². The van der Waals surface area contributed by atoms with Crippen LogP contribution in [-0.4, -0.2) is 26.8 Å². The molecular weight excluding hydrogens is 478 g/mol. The number of aliphatic imine (C=N–C) groups is 1. The van der Waals surface area contributed by atoms with E-state index in [1.54, 1.807) is 35.9 Å². The van der Waals surface area contributed by atoms with E-state index in [1.165, 1.54) is 0 Å². The highest BCUT2D eigenvalue weighted by molar-refractivity contribution is 6.30. The Morgan fingerprint density at radius 1 is 1.17 bits per heavy atom. The Morgan fingerprint density at radius 2 is 1.94 bits per heavy atom. The number of carbonyl (C=O) groups is 1. The lowest BCUT2D eigenvalue weighted by Crippen LogP contribution is -2.32. The topological polar surface area (TPSA) is 93.8 Å². The minimum atomic E-state index is -1.48. The number of esters is 1. The average molecular weight is 500 g/mol. The molecule has 180 valence electrons. The van der Waals surface area contributed by atoms with E-state index in [0.717, 1.165) is 27.7 Å². The largest absolute Gasteiger partial charge is 0.460 e. The molecule has 2 aromatic carbocycles. The molecule has 0 fully saturated rings. The van der Waals surface area contributed by atoms with Gasteiger partial charge in [0, 0.05) is 27.8 Å². The summed E-state index contributed by atoms with van der Waals surface area (Å²) in [6.07, 6.45) is 1.88. The fourth-order valence-electron chi connectivity index (χ4n) is 5.07. The van der Waals surface area contributed by atoms with Crippen LogP contribution in [0.25, 0.3) is 22.3 Å². The van der Waals surface area contributed by atoms with E-state index in [0.29, 0.717) is 34.1 Å². The molecule has 0 radical (unpaired) electrons. The van der Waals surface area contributed by atoms with Crippen molar-refractivity contribution >= 4 is 40.4 Å². The van der Waals surface area contributed by atoms with E-state index < -0.39 is 11.6 Å². The van der Waals surface area contributed by atoms with Gasteiger partial charge >= 0.3 is 5.97 Å². The summed E-state index contributed by atoms with van der Waals surface area (Å²) in [5.41, 5.74) is 3.54. The quantitative estimate of drug-likeness (QED) is 0.282. The van der Waals surface area contributed by atoms with Crippen LogP contribution in [-0.2, 0) is 28.3 Å². The summed E-state index contributed by atoms with van der Waals surface area (Å²) in [6.45, 7) is 1.93. The number of aromatic nitrogens is 2. The Bertz CT molecular complexity index is 1640. The third-order valence-corrected chi connectivity index (χ3v) is 7.32. The van der Waals surface area contributed by atoms with E-state index in [-0.39, 0.29) is 25.0 Å². The first-order chi connectivity index (χ1) is 17.4. The molecule has 2 aromatic heterocycles. The van der Waals surface area contributed by atoms with Gasteiger partial charge in [-0.25, -0.2) is 4.98 Å². The third kappa shape index (κ3) is 3.54. The molecule has 4 aromatic rings. The number of nitrogens with zero attached hydrogens (tertiary/aromatic N) is 3. The Labute approximate surface area is 211 Å². The maximum absolute atomic E-state index is 13.6. The normalized spacial score (nSPS) is 18.6. The number of fused-ring (bicyclic) bond motifs is 5. The number of hydrogen-bond donors (Lipinski definition) is 1. The van der Waals surface area contributed by atoms with Crippen molar-refractivity contribution in [2.24, 2.45) is 4.99 Å². The Kier molecular flexibility index (Phi) is 5.28. The van der Waals surface area contributed by atoms with Gasteiger partial charge in [0.2, 0.25) is 0 Å². The number of rotatable bonds is 3. The SMILES string of the molecule is CCC1(O)CC(=O)OCc2c1cc1n(c2=O)Cc2c-1nc1ccccc1c2C=Nc1ccc(Cl)cc1. The number of benzene rings is 2. The molecule has 1 unspecified atom stereocenters. The van der Waals surface area contributed by atoms with E-state index in [2.05, 4.69) is 4.99 Å². The van der Waals surface area contributed by atoms with Crippen LogP contribution in [0.15, 0.2) is 64.4 Å². The number of hydrogen-bond acceptors (Lipinski definition) is 6. The lowest BCUT2D eigenvalue weighted by Gasteiger charge is -2.26. The highest BCUT2D eigenvalue weighted by Crippen LogP contribution is 2.40. The van der Waals surface area contributed by atoms with Crippen molar-refractivity contribution < 1.29 is 14.6 Å². The molecule has 8 heteroatoms. The summed E-state index contributed by atoms with van der Waals surface area (Å²) < 4.78 is 6.91. The molecule has 1 N–H and O–H groups in total. The van der Waals surface area contributed by atoms with Crippen molar-refractivity contribution in [1.82, 2.24) is 9.55 Å². The molecule has 0 saturated carbocycles. The highest BCUT2D eigenvalue weighted by Gasteiger charge is 2.39. The van der Waals surface area contributed by atoms with Gasteiger partial charge in [0.05, 0.1) is 41.1 Å². The number of carbonyl (C=O) groups excluding carboxylic acids is 1. The number of pyridine rings is 2. The third-order valence-electron chi connectivity index (χ3n) is 7.07. The molecular formula is C28H22ClN3O4. The summed E-state index contributed by atoms with van der Waals surface area (Å²) in [5.74, 6) is -0.523. The van der Waals surface area contributed by atoms with Gasteiger partial charge < -0.3 is 14.4 Å². The molecule has 2 aliphatic heterocycles. The van der Waals surface area contributed by atoms with Crippen molar-refractivity contribution in [3.63, 3.8) is 0 Å². The molecule has 4 heterocycles. The van der Waals surface area contributed by atoms with E-state index >= 15 is 0 Å². The molecule has 0 aliphatic carbocycles. The molecule has 6 rings (SSSR count). The van der Waals surface area contributed by atoms with Gasteiger partial charge in [0.15, 0.2) is 0 Å². The van der Waals surface area contributed by atoms with E-state index in [9.17, 15) is 14.7 Å². The Hall–Kier alpha value is -3.81. The van der Waals surface area contributed by atoms with Gasteiger partial charge in [0.1, 0.15) is 12.2 Å². The van der Waals surface area contributed by atoms with Gasteiger partial charge in [-0.3, -0.25) is 14.6 Å². The van der Waals surface area contributed by atoms with Gasteiger partial charge in [-0.2, -0.15) is 0 Å². The fourth-order valence-corrected chi connectivity index (χ4v) is 5.20. The zero-order chi connectivity index (χ0) is 25.0. The summed E-state index contributed by atoms with van der Waals surface area (Å²) in [4.78, 5) is 35.4. The molecule has 0 saturated heterocycles. The van der Waals surface area contributed by atoms with Crippen LogP contribution >= 0.6 is 11.6 Å². The maximum atomic E-state index is 13.6. The van der Waals surface area contributed by atoms with Crippen LogP contribution in [0.1, 0.15) is 42.0 Å². The second-order valence-corrected chi connectivity index (χ2v) is 9.58. The molecule has 0 spiro atoms. The van der Waals surface area contributed by atoms with Crippen LogP contribution in [0, 0.1) is 0 Å². The van der Waals surface area contributed by atoms with Crippen LogP contribution < -0.4 is 5.56 Å². The fraction of sp³-hybridized carbons (Fsp3) is 0.214. The molecule has 36 heavy (non-hydrogen) atoms. The molecule has 0 bridgehead atoms. The number of halogens is 1. The first kappa shape index (κ1) is 22.6. The minimum Gasteiger partial charge on any atom is -0.460 e. The summed E-state index contributed by atoms with van der Waals surface area (Å²) in [5, 5.41) is 12.9. The van der Waals surface area contributed by atoms with Crippen molar-refractivity contribution in [2.45, 2.75) is 38.5 Å². The minimum absolute atomic E-state index is 0.160. The Morgan fingerprint density at radius 3 is 2.72 bits per heavy atom. The standard InChI is InChI=1S/C28H22ClN3O4/c1-2-28(35)12-25(33)36-15-21-22(28)11-24-26-20(14-32(24)27(21)34)19(18-5-3-4-6-23(18)31-26)13-30-17-9-7-16(29)8-10-17/h3-11,13,35H,2,12,14-15H2,1H3. The summed E-state index contributed by atoms with van der Waals surface area (Å²) >= 11 is 6.01. The van der Waals surface area contributed by atoms with Crippen LogP contribution in [0.5, 0.6) is 0 Å². The zero-order valence-corrected chi connectivity index (χ0v) is 20.2. The van der Waals surface area contributed by atoms with E-state index in [4.69, 9.17) is 21.3 Å². The van der Waals surface area contributed by atoms with Crippen LogP contribution in [0.3, 0.4) is 0 Å². The average Bonchev–Trinajstić information content (AvgIpc) is 3.19. The number of cyclic esters (lactones) is 1. The molecule has 1 atom stereocenters. The predicted octanol–water partition coefficient (Wildman–Crippen LogP) is 4.87. The van der Waals surface area contributed by atoms with Gasteiger partial charge in [0.25, 0.3) is 5.56 Å². The van der Waals surface area contributed by atoms with Gasteiger partial charge in [-0.05, 0) is 48.4 Å². The van der Waals surface area contributed by atoms with Crippen molar-refractivity contribution in [1.29, 1.82) is 0 Å². The van der Waals surface area contributed by atoms with E-state index in [1.807, 2.05) is 36.4 Å². The van der Waals surface area contributed by atoms with Gasteiger partial charge in [-0.1, -0.05) is 36.7 Å². The first-order valence-electron chi connectivity index (χ1n) is 11.7. The highest BCUT2D eigenvalue weighted by atomic mass is 35.5. The lowest BCUT2D eigenvalue weighted by molar-refractivity contribution is -0.149.